The number of ketones is 2. The molecule has 0 aliphatic heterocycles. The summed E-state index contributed by atoms with van der Waals surface area (Å²) in [4.78, 5) is 39.9. The topological polar surface area (TPSA) is 74.7 Å². The lowest BCUT2D eigenvalue weighted by Gasteiger charge is -2.59. The van der Waals surface area contributed by atoms with Crippen molar-refractivity contribution in [2.24, 2.45) is 40.4 Å². The Hall–Kier alpha value is -1.82. The summed E-state index contributed by atoms with van der Waals surface area (Å²) in [5.41, 5.74) is -0.783. The van der Waals surface area contributed by atoms with E-state index < -0.39 is 34.9 Å². The van der Waals surface area contributed by atoms with Crippen molar-refractivity contribution in [2.75, 3.05) is 13.1 Å². The van der Waals surface area contributed by atoms with Crippen LogP contribution in [0.1, 0.15) is 53.9 Å². The number of amides is 1. The molecular formula is C26H36FNO4. The van der Waals surface area contributed by atoms with Crippen LogP contribution in [-0.4, -0.2) is 52.8 Å². The number of likely N-dealkylation sites (N-methyl/N-ethyl adjacent to an activating group) is 1. The number of rotatable bonds is 4. The Morgan fingerprint density at radius 1 is 1.22 bits per heavy atom. The highest BCUT2D eigenvalue weighted by molar-refractivity contribution is 6.37. The van der Waals surface area contributed by atoms with Crippen LogP contribution < -0.4 is 0 Å². The maximum absolute atomic E-state index is 15.4. The van der Waals surface area contributed by atoms with Gasteiger partial charge in [0.2, 0.25) is 5.78 Å². The maximum Gasteiger partial charge on any atom is 0.290 e. The van der Waals surface area contributed by atoms with E-state index in [1.165, 1.54) is 12.2 Å². The number of halogens is 1. The van der Waals surface area contributed by atoms with Gasteiger partial charge in [-0.3, -0.25) is 14.4 Å². The summed E-state index contributed by atoms with van der Waals surface area (Å²) < 4.78 is 15.4. The van der Waals surface area contributed by atoms with Gasteiger partial charge in [0, 0.05) is 30.3 Å². The van der Waals surface area contributed by atoms with Gasteiger partial charge in [0.25, 0.3) is 5.91 Å². The molecule has 0 saturated heterocycles. The Bertz CT molecular complexity index is 892. The van der Waals surface area contributed by atoms with E-state index in [-0.39, 0.29) is 41.7 Å². The number of hydrogen-bond donors (Lipinski definition) is 1. The van der Waals surface area contributed by atoms with Gasteiger partial charge in [-0.2, -0.15) is 0 Å². The third-order valence-electron chi connectivity index (χ3n) is 9.36. The molecule has 1 N–H and O–H groups in total. The van der Waals surface area contributed by atoms with Crippen LogP contribution in [0.4, 0.5) is 4.39 Å². The lowest BCUT2D eigenvalue weighted by atomic mass is 9.46. The first kappa shape index (κ1) is 23.3. The van der Waals surface area contributed by atoms with Crippen LogP contribution in [0.2, 0.25) is 0 Å². The quantitative estimate of drug-likeness (QED) is 0.672. The third kappa shape index (κ3) is 3.16. The van der Waals surface area contributed by atoms with Crippen LogP contribution in [0, 0.1) is 40.4 Å². The molecule has 0 bridgehead atoms. The van der Waals surface area contributed by atoms with Crippen LogP contribution in [0.3, 0.4) is 0 Å². The predicted molar refractivity (Wildman–Crippen MR) is 119 cm³/mol. The molecule has 0 radical (unpaired) electrons. The molecule has 5 nitrogen and oxygen atoms in total. The van der Waals surface area contributed by atoms with Crippen molar-refractivity contribution in [3.8, 4) is 0 Å². The van der Waals surface area contributed by atoms with Gasteiger partial charge in [0.1, 0.15) is 6.17 Å². The second-order valence-corrected chi connectivity index (χ2v) is 10.9. The van der Waals surface area contributed by atoms with E-state index in [4.69, 9.17) is 0 Å². The average molecular weight is 446 g/mol. The largest absolute Gasteiger partial charge is 0.393 e. The fourth-order valence-electron chi connectivity index (χ4n) is 8.06. The molecule has 0 unspecified atom stereocenters. The number of fused-ring (bicyclic) bond motifs is 5. The Labute approximate surface area is 190 Å². The van der Waals surface area contributed by atoms with Crippen LogP contribution in [0.5, 0.6) is 0 Å². The van der Waals surface area contributed by atoms with Gasteiger partial charge in [0.05, 0.1) is 6.10 Å². The van der Waals surface area contributed by atoms with Gasteiger partial charge in [-0.1, -0.05) is 26.8 Å². The Kier molecular flexibility index (Phi) is 5.76. The second-order valence-electron chi connectivity index (χ2n) is 10.9. The third-order valence-corrected chi connectivity index (χ3v) is 9.36. The van der Waals surface area contributed by atoms with Gasteiger partial charge >= 0.3 is 0 Å². The molecular weight excluding hydrogens is 409 g/mol. The molecule has 0 aromatic carbocycles. The molecule has 0 heterocycles. The molecule has 4 rings (SSSR count). The maximum atomic E-state index is 15.4. The number of nitrogens with zero attached hydrogens (tertiary/aromatic N) is 1. The lowest BCUT2D eigenvalue weighted by molar-refractivity contribution is -0.155. The van der Waals surface area contributed by atoms with Crippen molar-refractivity contribution in [3.63, 3.8) is 0 Å². The first-order valence-corrected chi connectivity index (χ1v) is 12.1. The number of alkyl halides is 1. The molecule has 176 valence electrons. The van der Waals surface area contributed by atoms with Gasteiger partial charge in [-0.05, 0) is 74.0 Å². The first-order valence-electron chi connectivity index (χ1n) is 12.1. The number of aliphatic hydroxyl groups is 1. The second kappa shape index (κ2) is 7.89. The Morgan fingerprint density at radius 3 is 2.50 bits per heavy atom. The highest BCUT2D eigenvalue weighted by Gasteiger charge is 2.66. The number of allylic oxidation sites excluding steroid dienone is 4. The summed E-state index contributed by atoms with van der Waals surface area (Å²) >= 11 is 0. The van der Waals surface area contributed by atoms with E-state index in [9.17, 15) is 19.5 Å². The summed E-state index contributed by atoms with van der Waals surface area (Å²) in [6, 6.07) is 0. The first-order chi connectivity index (χ1) is 15.0. The summed E-state index contributed by atoms with van der Waals surface area (Å²) in [5.74, 6) is -1.75. The van der Waals surface area contributed by atoms with Crippen molar-refractivity contribution < 1.29 is 23.9 Å². The number of hydrogen-bond acceptors (Lipinski definition) is 4. The SMILES string of the molecule is CCN(CC)C(=O)C(=O)[C@H]1[C@H](C)C[C@H]2[C@@H]3C[C@H](F)C4=CC(=O)C=C[C@]4(C)[C@H]3[C@@H](O)C[C@@]21C. The lowest BCUT2D eigenvalue weighted by Crippen LogP contribution is -2.58. The van der Waals surface area contributed by atoms with Crippen LogP contribution in [-0.2, 0) is 14.4 Å². The minimum absolute atomic E-state index is 0.00533. The average Bonchev–Trinajstić information content (AvgIpc) is 2.99. The zero-order chi connectivity index (χ0) is 23.6. The summed E-state index contributed by atoms with van der Waals surface area (Å²) in [6.45, 7) is 10.7. The fraction of sp³-hybridized carbons (Fsp3) is 0.731. The molecule has 4 aliphatic rings. The molecule has 4 aliphatic carbocycles. The van der Waals surface area contributed by atoms with E-state index >= 15 is 4.39 Å². The number of carbonyl (C=O) groups excluding carboxylic acids is 3. The van der Waals surface area contributed by atoms with E-state index in [0.29, 0.717) is 25.1 Å². The van der Waals surface area contributed by atoms with Gasteiger partial charge in [-0.25, -0.2) is 4.39 Å². The molecule has 6 heteroatoms. The number of Topliss-reactive ketones (excluding diaryl/α,β-unsaturated/α-hetero) is 1. The van der Waals surface area contributed by atoms with Gasteiger partial charge < -0.3 is 10.0 Å². The van der Waals surface area contributed by atoms with Crippen molar-refractivity contribution in [3.05, 3.63) is 23.8 Å². The smallest absolute Gasteiger partial charge is 0.290 e. The van der Waals surface area contributed by atoms with E-state index in [1.807, 2.05) is 34.6 Å². The molecule has 3 fully saturated rings. The van der Waals surface area contributed by atoms with Gasteiger partial charge in [0.15, 0.2) is 5.78 Å². The standard InChI is InChI=1S/C26H36FNO4/c1-6-28(7-2)24(32)23(31)21-14(3)10-17-16-12-19(27)18-11-15(29)8-9-25(18,4)22(16)20(30)13-26(17,21)5/h8-9,11,14,16-17,19-22,30H,6-7,10,12-13H2,1-5H3/t14-,16+,17+,19+,20+,21-,22-,25+,26+/m1/s1. The van der Waals surface area contributed by atoms with E-state index in [2.05, 4.69) is 0 Å². The fourth-order valence-corrected chi connectivity index (χ4v) is 8.06. The van der Waals surface area contributed by atoms with E-state index in [0.717, 1.165) is 6.42 Å². The highest BCUT2D eigenvalue weighted by atomic mass is 19.1. The summed E-state index contributed by atoms with van der Waals surface area (Å²) in [7, 11) is 0. The molecule has 0 spiro atoms. The Morgan fingerprint density at radius 2 is 1.88 bits per heavy atom. The molecule has 3 saturated carbocycles. The summed E-state index contributed by atoms with van der Waals surface area (Å²) in [5, 5.41) is 11.4. The number of carbonyl (C=O) groups is 3. The predicted octanol–water partition coefficient (Wildman–Crippen LogP) is 3.51. The molecule has 1 amide bonds. The van der Waals surface area contributed by atoms with Crippen LogP contribution in [0.15, 0.2) is 23.8 Å². The highest BCUT2D eigenvalue weighted by Crippen LogP contribution is 2.67. The monoisotopic (exact) mass is 445 g/mol. The minimum atomic E-state index is -1.24. The van der Waals surface area contributed by atoms with E-state index in [1.54, 1.807) is 11.0 Å². The van der Waals surface area contributed by atoms with Crippen molar-refractivity contribution in [2.45, 2.75) is 66.2 Å². The number of aliphatic hydroxyl groups excluding tert-OH is 1. The zero-order valence-electron chi connectivity index (χ0n) is 19.8. The normalized spacial score (nSPS) is 44.9. The van der Waals surface area contributed by atoms with Crippen molar-refractivity contribution >= 4 is 17.5 Å². The zero-order valence-corrected chi connectivity index (χ0v) is 19.8. The van der Waals surface area contributed by atoms with Crippen molar-refractivity contribution in [1.29, 1.82) is 0 Å². The van der Waals surface area contributed by atoms with Crippen LogP contribution >= 0.6 is 0 Å². The molecule has 9 atom stereocenters. The summed E-state index contributed by atoms with van der Waals surface area (Å²) in [6.07, 6.45) is 4.12. The molecule has 0 aromatic rings. The minimum Gasteiger partial charge on any atom is -0.393 e. The van der Waals surface area contributed by atoms with Gasteiger partial charge in [-0.15, -0.1) is 0 Å². The van der Waals surface area contributed by atoms with Crippen molar-refractivity contribution in [1.82, 2.24) is 4.90 Å². The van der Waals surface area contributed by atoms with Crippen LogP contribution in [0.25, 0.3) is 0 Å². The molecule has 0 aromatic heterocycles. The molecule has 32 heavy (non-hydrogen) atoms. The Balaban J connectivity index is 1.71.